The monoisotopic (exact) mass is 509 g/mol. The van der Waals surface area contributed by atoms with Crippen LogP contribution in [0.1, 0.15) is 39.9 Å². The van der Waals surface area contributed by atoms with Gasteiger partial charge in [-0.15, -0.1) is 0 Å². The number of rotatable bonds is 6. The third kappa shape index (κ3) is 4.60. The lowest BCUT2D eigenvalue weighted by molar-refractivity contribution is -0.136. The maximum absolute atomic E-state index is 13.0. The Morgan fingerprint density at radius 2 is 1.78 bits per heavy atom. The first-order valence-electron chi connectivity index (χ1n) is 12.1. The summed E-state index contributed by atoms with van der Waals surface area (Å²) in [7, 11) is 0. The van der Waals surface area contributed by atoms with Crippen LogP contribution in [0.4, 0.5) is 11.4 Å². The van der Waals surface area contributed by atoms with Crippen molar-refractivity contribution in [3.05, 3.63) is 52.6 Å². The van der Waals surface area contributed by atoms with E-state index in [1.54, 1.807) is 30.3 Å². The number of benzene rings is 2. The lowest BCUT2D eigenvalue weighted by Gasteiger charge is -2.41. The van der Waals surface area contributed by atoms with Crippen molar-refractivity contribution < 1.29 is 23.9 Å². The standard InChI is InChI=1S/C25H31N7O5/c26-17-10-14(11-18(27)22(17)25(28,29)31-6-8-36-9-7-31)13-37-20-3-1-2-15-16(20)12-32(24(15)35)19-4-5-21(33)30-23(19)34/h1-3,10-11,19H,4-9,12-13,26-29H2,(H,30,33,34). The minimum absolute atomic E-state index is 0.136. The maximum Gasteiger partial charge on any atom is 0.255 e. The number of imide groups is 1. The Balaban J connectivity index is 1.32. The van der Waals surface area contributed by atoms with Crippen molar-refractivity contribution >= 4 is 29.1 Å². The van der Waals surface area contributed by atoms with Gasteiger partial charge in [0.05, 0.1) is 19.8 Å². The van der Waals surface area contributed by atoms with Crippen molar-refractivity contribution in [2.45, 2.75) is 37.8 Å². The molecule has 0 spiro atoms. The summed E-state index contributed by atoms with van der Waals surface area (Å²) in [5.41, 5.74) is 28.7. The van der Waals surface area contributed by atoms with Gasteiger partial charge >= 0.3 is 0 Å². The zero-order valence-electron chi connectivity index (χ0n) is 20.4. The number of morpholine rings is 1. The number of hydrogen-bond donors (Lipinski definition) is 5. The molecule has 3 aliphatic rings. The van der Waals surface area contributed by atoms with E-state index in [2.05, 4.69) is 5.32 Å². The molecule has 37 heavy (non-hydrogen) atoms. The topological polar surface area (TPSA) is 192 Å². The Bertz CT molecular complexity index is 1230. The molecular weight excluding hydrogens is 478 g/mol. The van der Waals surface area contributed by atoms with Gasteiger partial charge < -0.3 is 25.8 Å². The van der Waals surface area contributed by atoms with E-state index >= 15 is 0 Å². The van der Waals surface area contributed by atoms with Gasteiger partial charge in [0.1, 0.15) is 18.4 Å². The molecule has 2 aromatic rings. The number of nitrogens with one attached hydrogen (secondary N) is 1. The van der Waals surface area contributed by atoms with E-state index in [0.29, 0.717) is 72.1 Å². The first kappa shape index (κ1) is 25.0. The van der Waals surface area contributed by atoms with Gasteiger partial charge in [-0.2, -0.15) is 0 Å². The molecule has 0 aliphatic carbocycles. The summed E-state index contributed by atoms with van der Waals surface area (Å²) in [6.45, 7) is 2.51. The Morgan fingerprint density at radius 3 is 2.46 bits per heavy atom. The third-order valence-corrected chi connectivity index (χ3v) is 7.13. The largest absolute Gasteiger partial charge is 0.489 e. The van der Waals surface area contributed by atoms with E-state index < -0.39 is 17.7 Å². The molecule has 5 rings (SSSR count). The Kier molecular flexibility index (Phi) is 6.50. The Morgan fingerprint density at radius 1 is 1.08 bits per heavy atom. The highest BCUT2D eigenvalue weighted by atomic mass is 16.5. The average Bonchev–Trinajstić information content (AvgIpc) is 3.19. The van der Waals surface area contributed by atoms with Gasteiger partial charge in [0.2, 0.25) is 11.8 Å². The molecular formula is C25H31N7O5. The summed E-state index contributed by atoms with van der Waals surface area (Å²) in [6, 6.07) is 7.96. The molecule has 12 heteroatoms. The van der Waals surface area contributed by atoms with E-state index in [0.717, 1.165) is 0 Å². The predicted octanol–water partition coefficient (Wildman–Crippen LogP) is -0.449. The molecule has 0 saturated carbocycles. The number of fused-ring (bicyclic) bond motifs is 1. The summed E-state index contributed by atoms with van der Waals surface area (Å²) >= 11 is 0. The van der Waals surface area contributed by atoms with Crippen molar-refractivity contribution in [2.75, 3.05) is 37.8 Å². The number of anilines is 2. The van der Waals surface area contributed by atoms with Crippen molar-refractivity contribution in [3.63, 3.8) is 0 Å². The van der Waals surface area contributed by atoms with Crippen LogP contribution in [-0.4, -0.2) is 59.9 Å². The summed E-state index contributed by atoms with van der Waals surface area (Å²) in [5, 5.41) is 2.31. The molecule has 3 heterocycles. The molecule has 12 nitrogen and oxygen atoms in total. The van der Waals surface area contributed by atoms with Crippen LogP contribution in [0.25, 0.3) is 0 Å². The van der Waals surface area contributed by atoms with Crippen LogP contribution in [0.5, 0.6) is 5.75 Å². The summed E-state index contributed by atoms with van der Waals surface area (Å²) in [5.74, 6) is -1.89. The van der Waals surface area contributed by atoms with Gasteiger partial charge in [0.15, 0.2) is 5.79 Å². The highest BCUT2D eigenvalue weighted by molar-refractivity contribution is 6.05. The van der Waals surface area contributed by atoms with Crippen LogP contribution < -0.4 is 33.0 Å². The number of carbonyl (C=O) groups is 3. The second kappa shape index (κ2) is 9.63. The fourth-order valence-electron chi connectivity index (χ4n) is 5.24. The molecule has 0 aromatic heterocycles. The molecule has 0 radical (unpaired) electrons. The minimum atomic E-state index is -1.35. The van der Waals surface area contributed by atoms with Crippen molar-refractivity contribution in [1.29, 1.82) is 0 Å². The van der Waals surface area contributed by atoms with Gasteiger partial charge in [0.25, 0.3) is 5.91 Å². The number of nitrogens with zero attached hydrogens (tertiary/aromatic N) is 2. The van der Waals surface area contributed by atoms with Gasteiger partial charge in [0, 0.05) is 47.6 Å². The number of hydrogen-bond acceptors (Lipinski definition) is 10. The molecule has 9 N–H and O–H groups in total. The average molecular weight is 510 g/mol. The molecule has 1 unspecified atom stereocenters. The van der Waals surface area contributed by atoms with Gasteiger partial charge in [-0.1, -0.05) is 6.07 Å². The number of nitrogen functional groups attached to an aromatic ring is 2. The smallest absolute Gasteiger partial charge is 0.255 e. The normalized spacial score (nSPS) is 20.6. The SMILES string of the molecule is Nc1cc(COc2cccc3c2CN(C2CCC(=O)NC2=O)C3=O)cc(N)c1C(N)(N)N1CCOCC1. The number of carbonyl (C=O) groups excluding carboxylic acids is 3. The van der Waals surface area contributed by atoms with Gasteiger partial charge in [-0.05, 0) is 36.2 Å². The molecule has 0 bridgehead atoms. The first-order valence-corrected chi connectivity index (χ1v) is 12.1. The lowest BCUT2D eigenvalue weighted by Crippen LogP contribution is -2.63. The molecule has 3 amide bonds. The third-order valence-electron chi connectivity index (χ3n) is 7.13. The summed E-state index contributed by atoms with van der Waals surface area (Å²) < 4.78 is 11.5. The highest BCUT2D eigenvalue weighted by Crippen LogP contribution is 2.35. The van der Waals surface area contributed by atoms with Gasteiger partial charge in [-0.25, -0.2) is 0 Å². The van der Waals surface area contributed by atoms with Crippen molar-refractivity contribution in [3.8, 4) is 5.75 Å². The molecule has 1 atom stereocenters. The fraction of sp³-hybridized carbons (Fsp3) is 0.400. The van der Waals surface area contributed by atoms with Crippen LogP contribution >= 0.6 is 0 Å². The zero-order valence-corrected chi connectivity index (χ0v) is 20.4. The highest BCUT2D eigenvalue weighted by Gasteiger charge is 2.40. The quantitative estimate of drug-likeness (QED) is 0.193. The van der Waals surface area contributed by atoms with Gasteiger partial charge in [-0.3, -0.25) is 36.1 Å². The Hall–Kier alpha value is -3.71. The van der Waals surface area contributed by atoms with E-state index in [-0.39, 0.29) is 31.4 Å². The predicted molar refractivity (Wildman–Crippen MR) is 135 cm³/mol. The fourth-order valence-corrected chi connectivity index (χ4v) is 5.24. The maximum atomic E-state index is 13.0. The van der Waals surface area contributed by atoms with E-state index in [4.69, 9.17) is 32.4 Å². The number of piperidine rings is 1. The van der Waals surface area contributed by atoms with Crippen LogP contribution in [0.2, 0.25) is 0 Å². The first-order chi connectivity index (χ1) is 17.7. The minimum Gasteiger partial charge on any atom is -0.489 e. The van der Waals surface area contributed by atoms with Crippen molar-refractivity contribution in [1.82, 2.24) is 15.1 Å². The summed E-state index contributed by atoms with van der Waals surface area (Å²) in [6.07, 6.45) is 0.483. The molecule has 2 saturated heterocycles. The van der Waals surface area contributed by atoms with E-state index in [9.17, 15) is 14.4 Å². The van der Waals surface area contributed by atoms with E-state index in [1.807, 2.05) is 4.90 Å². The second-order valence-electron chi connectivity index (χ2n) is 9.54. The molecule has 2 aromatic carbocycles. The lowest BCUT2D eigenvalue weighted by atomic mass is 9.99. The molecule has 2 fully saturated rings. The molecule has 3 aliphatic heterocycles. The van der Waals surface area contributed by atoms with Crippen LogP contribution in [0.3, 0.4) is 0 Å². The van der Waals surface area contributed by atoms with E-state index in [1.165, 1.54) is 4.90 Å². The molecule has 196 valence electrons. The van der Waals surface area contributed by atoms with Crippen LogP contribution in [-0.2, 0) is 33.3 Å². The number of amides is 3. The summed E-state index contributed by atoms with van der Waals surface area (Å²) in [4.78, 5) is 40.3. The van der Waals surface area contributed by atoms with Crippen LogP contribution in [0.15, 0.2) is 30.3 Å². The number of nitrogens with two attached hydrogens (primary N) is 4. The number of ether oxygens (including phenoxy) is 2. The Labute approximate surface area is 213 Å². The van der Waals surface area contributed by atoms with Crippen molar-refractivity contribution in [2.24, 2.45) is 11.5 Å². The second-order valence-corrected chi connectivity index (χ2v) is 9.54. The zero-order chi connectivity index (χ0) is 26.3. The van der Waals surface area contributed by atoms with Crippen LogP contribution in [0, 0.1) is 0 Å².